The Morgan fingerprint density at radius 1 is 1.36 bits per heavy atom. The molecule has 0 aromatic carbocycles. The summed E-state index contributed by atoms with van der Waals surface area (Å²) >= 11 is 0. The number of aliphatic hydroxyl groups excluding tert-OH is 1. The molecule has 4 N–H and O–H groups in total. The average molecular weight is 359 g/mol. The summed E-state index contributed by atoms with van der Waals surface area (Å²) in [6.07, 6.45) is -0.483. The Hall–Kier alpha value is -1.84. The smallest absolute Gasteiger partial charge is 0.410 e. The first-order valence-corrected chi connectivity index (χ1v) is 8.15. The molecule has 25 heavy (non-hydrogen) atoms. The minimum atomic E-state index is -1.05. The van der Waals surface area contributed by atoms with E-state index >= 15 is 0 Å². The van der Waals surface area contributed by atoms with Crippen LogP contribution < -0.4 is 10.6 Å². The summed E-state index contributed by atoms with van der Waals surface area (Å²) in [6, 6.07) is 0. The van der Waals surface area contributed by atoms with Gasteiger partial charge in [0.1, 0.15) is 17.8 Å². The van der Waals surface area contributed by atoms with E-state index in [1.54, 1.807) is 20.8 Å². The molecular weight excluding hydrogens is 330 g/mol. The fraction of sp³-hybridized carbons (Fsp3) is 0.750. The molecule has 0 saturated carbocycles. The summed E-state index contributed by atoms with van der Waals surface area (Å²) < 4.78 is 9.92. The molecule has 1 unspecified atom stereocenters. The second kappa shape index (κ2) is 9.02. The van der Waals surface area contributed by atoms with E-state index in [1.807, 2.05) is 0 Å². The van der Waals surface area contributed by atoms with Crippen LogP contribution in [0.5, 0.6) is 0 Å². The number of rotatable bonds is 8. The Morgan fingerprint density at radius 2 is 2.00 bits per heavy atom. The standard InChI is InChI=1S/C16H29N3O6/c1-5-6-24-13(21)18-8-12(20)7-17-9-16(23)10-19(11-16)14(22)25-15(2,3)4/h5,12,17,20,23H,1,6-11H2,2-4H3,(H,18,21). The van der Waals surface area contributed by atoms with Crippen LogP contribution in [0.15, 0.2) is 12.7 Å². The van der Waals surface area contributed by atoms with Crippen LogP contribution in [0.1, 0.15) is 20.8 Å². The normalized spacial score (nSPS) is 17.2. The Morgan fingerprint density at radius 3 is 2.56 bits per heavy atom. The number of aliphatic hydroxyl groups is 2. The van der Waals surface area contributed by atoms with E-state index in [2.05, 4.69) is 17.2 Å². The molecule has 0 aromatic heterocycles. The molecule has 0 aromatic rings. The number of carbonyl (C=O) groups is 2. The largest absolute Gasteiger partial charge is 0.445 e. The third-order valence-corrected chi connectivity index (χ3v) is 3.27. The number of likely N-dealkylation sites (tertiary alicyclic amines) is 1. The lowest BCUT2D eigenvalue weighted by molar-refractivity contribution is -0.0965. The van der Waals surface area contributed by atoms with Crippen molar-refractivity contribution < 1.29 is 29.3 Å². The zero-order chi connectivity index (χ0) is 19.1. The van der Waals surface area contributed by atoms with Gasteiger partial charge in [-0.25, -0.2) is 9.59 Å². The van der Waals surface area contributed by atoms with E-state index in [-0.39, 0.29) is 39.3 Å². The third-order valence-electron chi connectivity index (χ3n) is 3.27. The van der Waals surface area contributed by atoms with Gasteiger partial charge in [-0.15, -0.1) is 0 Å². The third kappa shape index (κ3) is 8.19. The highest BCUT2D eigenvalue weighted by molar-refractivity contribution is 5.69. The number of amides is 2. The van der Waals surface area contributed by atoms with E-state index < -0.39 is 29.5 Å². The molecule has 1 atom stereocenters. The van der Waals surface area contributed by atoms with Gasteiger partial charge < -0.3 is 35.2 Å². The molecule has 144 valence electrons. The highest BCUT2D eigenvalue weighted by atomic mass is 16.6. The minimum absolute atomic E-state index is 0.0193. The average Bonchev–Trinajstić information content (AvgIpc) is 2.46. The molecule has 9 nitrogen and oxygen atoms in total. The molecule has 0 aliphatic carbocycles. The maximum atomic E-state index is 11.8. The van der Waals surface area contributed by atoms with Gasteiger partial charge in [0.2, 0.25) is 0 Å². The van der Waals surface area contributed by atoms with Crippen molar-refractivity contribution in [2.24, 2.45) is 0 Å². The lowest BCUT2D eigenvalue weighted by atomic mass is 9.94. The van der Waals surface area contributed by atoms with E-state index in [1.165, 1.54) is 11.0 Å². The summed E-state index contributed by atoms with van der Waals surface area (Å²) in [7, 11) is 0. The number of nitrogens with zero attached hydrogens (tertiary/aromatic N) is 1. The van der Waals surface area contributed by atoms with E-state index in [4.69, 9.17) is 9.47 Å². The summed E-state index contributed by atoms with van der Waals surface area (Å²) in [5.74, 6) is 0. The van der Waals surface area contributed by atoms with Gasteiger partial charge in [0.25, 0.3) is 0 Å². The maximum Gasteiger partial charge on any atom is 0.410 e. The van der Waals surface area contributed by atoms with Crippen molar-refractivity contribution in [3.63, 3.8) is 0 Å². The molecule has 1 fully saturated rings. The van der Waals surface area contributed by atoms with Crippen LogP contribution in [-0.2, 0) is 9.47 Å². The van der Waals surface area contributed by atoms with Crippen LogP contribution in [0, 0.1) is 0 Å². The number of hydrogen-bond acceptors (Lipinski definition) is 7. The van der Waals surface area contributed by atoms with Gasteiger partial charge in [-0.1, -0.05) is 12.7 Å². The molecule has 0 bridgehead atoms. The van der Waals surface area contributed by atoms with Crippen molar-refractivity contribution in [3.05, 3.63) is 12.7 Å². The Labute approximate surface area is 148 Å². The molecule has 2 amide bonds. The number of alkyl carbamates (subject to hydrolysis) is 1. The van der Waals surface area contributed by atoms with E-state index in [0.717, 1.165) is 0 Å². The molecule has 1 saturated heterocycles. The van der Waals surface area contributed by atoms with E-state index in [0.29, 0.717) is 0 Å². The molecular formula is C16H29N3O6. The fourth-order valence-electron chi connectivity index (χ4n) is 2.16. The predicted molar refractivity (Wildman–Crippen MR) is 91.2 cm³/mol. The fourth-order valence-corrected chi connectivity index (χ4v) is 2.16. The second-order valence-electron chi connectivity index (χ2n) is 7.11. The SMILES string of the molecule is C=CCOC(=O)NCC(O)CNCC1(O)CN(C(=O)OC(C)(C)C)C1. The predicted octanol–water partition coefficient (Wildman–Crippen LogP) is -0.169. The number of hydrogen-bond donors (Lipinski definition) is 4. The van der Waals surface area contributed by atoms with Crippen molar-refractivity contribution in [1.82, 2.24) is 15.5 Å². The first-order chi connectivity index (χ1) is 11.5. The lowest BCUT2D eigenvalue weighted by Crippen LogP contribution is -2.68. The number of ether oxygens (including phenoxy) is 2. The van der Waals surface area contributed by atoms with Crippen molar-refractivity contribution in [3.8, 4) is 0 Å². The molecule has 1 rings (SSSR count). The monoisotopic (exact) mass is 359 g/mol. The number of nitrogens with one attached hydrogen (secondary N) is 2. The van der Waals surface area contributed by atoms with Crippen molar-refractivity contribution >= 4 is 12.2 Å². The van der Waals surface area contributed by atoms with Gasteiger partial charge in [-0.05, 0) is 20.8 Å². The number of β-amino-alcohol motifs (C(OH)–C–C–N with tert-alkyl or cyclic N) is 1. The molecule has 1 aliphatic rings. The first kappa shape index (κ1) is 21.2. The minimum Gasteiger partial charge on any atom is -0.445 e. The Bertz CT molecular complexity index is 471. The molecule has 1 heterocycles. The van der Waals surface area contributed by atoms with Crippen LogP contribution in [0.2, 0.25) is 0 Å². The van der Waals surface area contributed by atoms with Crippen molar-refractivity contribution in [2.45, 2.75) is 38.1 Å². The molecule has 0 spiro atoms. The van der Waals surface area contributed by atoms with Crippen molar-refractivity contribution in [2.75, 3.05) is 39.3 Å². The van der Waals surface area contributed by atoms with Gasteiger partial charge in [-0.2, -0.15) is 0 Å². The van der Waals surface area contributed by atoms with E-state index in [9.17, 15) is 19.8 Å². The summed E-state index contributed by atoms with van der Waals surface area (Å²) in [5, 5.41) is 25.3. The quantitative estimate of drug-likeness (QED) is 0.444. The zero-order valence-electron chi connectivity index (χ0n) is 15.1. The molecule has 0 radical (unpaired) electrons. The topological polar surface area (TPSA) is 120 Å². The molecule has 9 heteroatoms. The Balaban J connectivity index is 2.17. The van der Waals surface area contributed by atoms with Gasteiger partial charge in [0.05, 0.1) is 19.2 Å². The lowest BCUT2D eigenvalue weighted by Gasteiger charge is -2.46. The van der Waals surface area contributed by atoms with Crippen LogP contribution in [0.4, 0.5) is 9.59 Å². The van der Waals surface area contributed by atoms with Crippen LogP contribution in [0.3, 0.4) is 0 Å². The van der Waals surface area contributed by atoms with Gasteiger partial charge in [0, 0.05) is 19.6 Å². The van der Waals surface area contributed by atoms with Crippen LogP contribution >= 0.6 is 0 Å². The second-order valence-corrected chi connectivity index (χ2v) is 7.11. The van der Waals surface area contributed by atoms with Crippen molar-refractivity contribution in [1.29, 1.82) is 0 Å². The summed E-state index contributed by atoms with van der Waals surface area (Å²) in [5.41, 5.74) is -1.63. The Kier molecular flexibility index (Phi) is 7.65. The maximum absolute atomic E-state index is 11.8. The zero-order valence-corrected chi connectivity index (χ0v) is 15.1. The summed E-state index contributed by atoms with van der Waals surface area (Å²) in [4.78, 5) is 24.4. The molecule has 1 aliphatic heterocycles. The summed E-state index contributed by atoms with van der Waals surface area (Å²) in [6.45, 7) is 9.59. The van der Waals surface area contributed by atoms with Crippen LogP contribution in [-0.4, -0.2) is 83.9 Å². The van der Waals surface area contributed by atoms with Gasteiger partial charge >= 0.3 is 12.2 Å². The highest BCUT2D eigenvalue weighted by Crippen LogP contribution is 2.22. The number of carbonyl (C=O) groups excluding carboxylic acids is 2. The highest BCUT2D eigenvalue weighted by Gasteiger charge is 2.44. The van der Waals surface area contributed by atoms with Gasteiger partial charge in [-0.3, -0.25) is 0 Å². The van der Waals surface area contributed by atoms with Gasteiger partial charge in [0.15, 0.2) is 0 Å². The van der Waals surface area contributed by atoms with Crippen LogP contribution in [0.25, 0.3) is 0 Å². The first-order valence-electron chi connectivity index (χ1n) is 8.15.